The zero-order valence-corrected chi connectivity index (χ0v) is 11.3. The predicted octanol–water partition coefficient (Wildman–Crippen LogP) is 3.73. The summed E-state index contributed by atoms with van der Waals surface area (Å²) in [6.45, 7) is 2.05. The fourth-order valence-electron chi connectivity index (χ4n) is 2.04. The fourth-order valence-corrected chi connectivity index (χ4v) is 2.53. The maximum absolute atomic E-state index is 9.80. The highest BCUT2D eigenvalue weighted by Gasteiger charge is 2.18. The Hall–Kier alpha value is -1.61. The van der Waals surface area contributed by atoms with Crippen LogP contribution in [0.5, 0.6) is 11.5 Å². The van der Waals surface area contributed by atoms with Gasteiger partial charge in [0.2, 0.25) is 0 Å². The Kier molecular flexibility index (Phi) is 3.82. The molecule has 3 heteroatoms. The molecular formula is C15H16O2S. The van der Waals surface area contributed by atoms with E-state index in [2.05, 4.69) is 12.6 Å². The Morgan fingerprint density at radius 2 is 1.72 bits per heavy atom. The second-order valence-electron chi connectivity index (χ2n) is 4.16. The Balaban J connectivity index is 2.50. The van der Waals surface area contributed by atoms with Crippen LogP contribution in [0, 0.1) is 6.92 Å². The van der Waals surface area contributed by atoms with Crippen LogP contribution in [0.15, 0.2) is 42.5 Å². The molecule has 0 saturated carbocycles. The van der Waals surface area contributed by atoms with Crippen molar-refractivity contribution < 1.29 is 9.84 Å². The summed E-state index contributed by atoms with van der Waals surface area (Å²) in [5.74, 6) is 0.628. The van der Waals surface area contributed by atoms with Crippen LogP contribution in [-0.2, 0) is 0 Å². The lowest BCUT2D eigenvalue weighted by Crippen LogP contribution is -1.99. The Morgan fingerprint density at radius 3 is 2.39 bits per heavy atom. The zero-order chi connectivity index (χ0) is 13.1. The van der Waals surface area contributed by atoms with E-state index < -0.39 is 0 Å². The standard InChI is InChI=1S/C15H16O2S/c1-10-6-3-4-7-11(10)15(18)12-8-5-9-13(16)14(12)17-2/h3-9,15-16,18H,1-2H3. The summed E-state index contributed by atoms with van der Waals surface area (Å²) >= 11 is 4.66. The van der Waals surface area contributed by atoms with Crippen LogP contribution in [0.4, 0.5) is 0 Å². The van der Waals surface area contributed by atoms with Gasteiger partial charge in [-0.2, -0.15) is 12.6 Å². The molecule has 0 bridgehead atoms. The molecule has 0 aromatic heterocycles. The molecule has 0 aliphatic carbocycles. The number of benzene rings is 2. The summed E-state index contributed by atoms with van der Waals surface area (Å²) in [5.41, 5.74) is 3.16. The van der Waals surface area contributed by atoms with Crippen molar-refractivity contribution in [1.29, 1.82) is 0 Å². The van der Waals surface area contributed by atoms with Gasteiger partial charge in [0.1, 0.15) is 0 Å². The van der Waals surface area contributed by atoms with E-state index in [1.54, 1.807) is 19.2 Å². The van der Waals surface area contributed by atoms with Crippen LogP contribution in [0.1, 0.15) is 21.9 Å². The average Bonchev–Trinajstić information content (AvgIpc) is 2.38. The molecule has 18 heavy (non-hydrogen) atoms. The molecule has 0 radical (unpaired) electrons. The first kappa shape index (κ1) is 12.8. The first-order chi connectivity index (χ1) is 8.65. The second kappa shape index (κ2) is 5.36. The van der Waals surface area contributed by atoms with E-state index >= 15 is 0 Å². The van der Waals surface area contributed by atoms with Gasteiger partial charge in [0.25, 0.3) is 0 Å². The summed E-state index contributed by atoms with van der Waals surface area (Å²) in [6.07, 6.45) is 0. The number of aromatic hydroxyl groups is 1. The van der Waals surface area contributed by atoms with E-state index in [4.69, 9.17) is 4.74 Å². The minimum Gasteiger partial charge on any atom is -0.504 e. The lowest BCUT2D eigenvalue weighted by molar-refractivity contribution is 0.370. The topological polar surface area (TPSA) is 29.5 Å². The Bertz CT molecular complexity index is 552. The van der Waals surface area contributed by atoms with E-state index in [9.17, 15) is 5.11 Å². The van der Waals surface area contributed by atoms with Crippen LogP contribution < -0.4 is 4.74 Å². The summed E-state index contributed by atoms with van der Waals surface area (Å²) in [7, 11) is 1.55. The molecule has 94 valence electrons. The Labute approximate surface area is 113 Å². The number of methoxy groups -OCH3 is 1. The van der Waals surface area contributed by atoms with Crippen LogP contribution in [0.25, 0.3) is 0 Å². The van der Waals surface area contributed by atoms with Crippen LogP contribution in [0.2, 0.25) is 0 Å². The normalized spacial score (nSPS) is 12.2. The molecule has 0 fully saturated rings. The minimum absolute atomic E-state index is 0.117. The molecule has 0 aliphatic heterocycles. The van der Waals surface area contributed by atoms with E-state index in [-0.39, 0.29) is 11.0 Å². The summed E-state index contributed by atoms with van der Waals surface area (Å²) in [5, 5.41) is 9.68. The van der Waals surface area contributed by atoms with Gasteiger partial charge in [0, 0.05) is 5.56 Å². The van der Waals surface area contributed by atoms with Gasteiger partial charge >= 0.3 is 0 Å². The fraction of sp³-hybridized carbons (Fsp3) is 0.200. The van der Waals surface area contributed by atoms with Crippen molar-refractivity contribution in [1.82, 2.24) is 0 Å². The number of hydrogen-bond acceptors (Lipinski definition) is 3. The third kappa shape index (κ3) is 2.31. The molecule has 0 heterocycles. The van der Waals surface area contributed by atoms with Crippen molar-refractivity contribution in [2.24, 2.45) is 0 Å². The summed E-state index contributed by atoms with van der Waals surface area (Å²) in [6, 6.07) is 13.4. The first-order valence-electron chi connectivity index (χ1n) is 5.74. The van der Waals surface area contributed by atoms with Crippen molar-refractivity contribution in [3.8, 4) is 11.5 Å². The van der Waals surface area contributed by atoms with Gasteiger partial charge in [-0.3, -0.25) is 0 Å². The predicted molar refractivity (Wildman–Crippen MR) is 76.7 cm³/mol. The number of phenolic OH excluding ortho intramolecular Hbond substituents is 1. The van der Waals surface area contributed by atoms with E-state index in [1.807, 2.05) is 37.3 Å². The minimum atomic E-state index is -0.117. The number of para-hydroxylation sites is 1. The van der Waals surface area contributed by atoms with Crippen molar-refractivity contribution in [2.45, 2.75) is 12.2 Å². The van der Waals surface area contributed by atoms with Gasteiger partial charge in [0.05, 0.1) is 12.4 Å². The molecule has 2 aromatic carbocycles. The second-order valence-corrected chi connectivity index (χ2v) is 4.68. The third-order valence-corrected chi connectivity index (χ3v) is 3.56. The lowest BCUT2D eigenvalue weighted by atomic mass is 9.99. The Morgan fingerprint density at radius 1 is 1.06 bits per heavy atom. The SMILES string of the molecule is COc1c(O)cccc1C(S)c1ccccc1C. The summed E-state index contributed by atoms with van der Waals surface area (Å²) < 4.78 is 5.26. The quantitative estimate of drug-likeness (QED) is 0.823. The van der Waals surface area contributed by atoms with Crippen molar-refractivity contribution in [3.63, 3.8) is 0 Å². The van der Waals surface area contributed by atoms with Crippen LogP contribution >= 0.6 is 12.6 Å². The highest BCUT2D eigenvalue weighted by Crippen LogP contribution is 2.40. The van der Waals surface area contributed by atoms with Crippen LogP contribution in [0.3, 0.4) is 0 Å². The van der Waals surface area contributed by atoms with Gasteiger partial charge in [-0.25, -0.2) is 0 Å². The maximum atomic E-state index is 9.80. The molecular weight excluding hydrogens is 244 g/mol. The van der Waals surface area contributed by atoms with Crippen LogP contribution in [-0.4, -0.2) is 12.2 Å². The highest BCUT2D eigenvalue weighted by molar-refractivity contribution is 7.80. The number of rotatable bonds is 3. The number of ether oxygens (including phenoxy) is 1. The molecule has 1 unspecified atom stereocenters. The number of thiol groups is 1. The number of phenols is 1. The largest absolute Gasteiger partial charge is 0.504 e. The molecule has 1 atom stereocenters. The molecule has 2 rings (SSSR count). The average molecular weight is 260 g/mol. The van der Waals surface area contributed by atoms with E-state index in [1.165, 1.54) is 5.56 Å². The van der Waals surface area contributed by atoms with Crippen molar-refractivity contribution in [2.75, 3.05) is 7.11 Å². The molecule has 1 N–H and O–H groups in total. The third-order valence-electron chi connectivity index (χ3n) is 3.01. The zero-order valence-electron chi connectivity index (χ0n) is 10.4. The van der Waals surface area contributed by atoms with E-state index in [0.29, 0.717) is 5.75 Å². The van der Waals surface area contributed by atoms with Gasteiger partial charge in [-0.15, -0.1) is 0 Å². The van der Waals surface area contributed by atoms with Gasteiger partial charge in [-0.1, -0.05) is 36.4 Å². The molecule has 0 amide bonds. The molecule has 0 saturated heterocycles. The van der Waals surface area contributed by atoms with Gasteiger partial charge < -0.3 is 9.84 Å². The molecule has 0 aliphatic rings. The van der Waals surface area contributed by atoms with Gasteiger partial charge in [-0.05, 0) is 24.1 Å². The summed E-state index contributed by atoms with van der Waals surface area (Å²) in [4.78, 5) is 0. The number of aryl methyl sites for hydroxylation is 1. The smallest absolute Gasteiger partial charge is 0.165 e. The maximum Gasteiger partial charge on any atom is 0.165 e. The van der Waals surface area contributed by atoms with Crippen molar-refractivity contribution in [3.05, 3.63) is 59.2 Å². The lowest BCUT2D eigenvalue weighted by Gasteiger charge is -2.17. The monoisotopic (exact) mass is 260 g/mol. The molecule has 2 nitrogen and oxygen atoms in total. The molecule has 2 aromatic rings. The van der Waals surface area contributed by atoms with E-state index in [0.717, 1.165) is 11.1 Å². The van der Waals surface area contributed by atoms with Crippen molar-refractivity contribution >= 4 is 12.6 Å². The highest BCUT2D eigenvalue weighted by atomic mass is 32.1. The first-order valence-corrected chi connectivity index (χ1v) is 6.26. The molecule has 0 spiro atoms. The van der Waals surface area contributed by atoms with Gasteiger partial charge in [0.15, 0.2) is 11.5 Å². The number of hydrogen-bond donors (Lipinski definition) is 2.